The van der Waals surface area contributed by atoms with E-state index in [0.717, 1.165) is 37.8 Å². The van der Waals surface area contributed by atoms with Crippen molar-refractivity contribution in [2.75, 3.05) is 6.54 Å². The number of hydrogen-bond donors (Lipinski definition) is 3. The van der Waals surface area contributed by atoms with Crippen molar-refractivity contribution in [1.29, 1.82) is 0 Å². The van der Waals surface area contributed by atoms with Gasteiger partial charge in [0.25, 0.3) is 5.91 Å². The van der Waals surface area contributed by atoms with E-state index in [0.29, 0.717) is 6.54 Å². The van der Waals surface area contributed by atoms with Crippen LogP contribution in [0.15, 0.2) is 18.2 Å². The second-order valence-corrected chi connectivity index (χ2v) is 5.92. The molecule has 7 nitrogen and oxygen atoms in total. The van der Waals surface area contributed by atoms with Crippen molar-refractivity contribution < 1.29 is 14.8 Å². The van der Waals surface area contributed by atoms with Crippen LogP contribution in [-0.4, -0.2) is 28.0 Å². The lowest BCUT2D eigenvalue weighted by Gasteiger charge is -2.28. The Morgan fingerprint density at radius 3 is 2.50 bits per heavy atom. The summed E-state index contributed by atoms with van der Waals surface area (Å²) in [7, 11) is 0. The van der Waals surface area contributed by atoms with Crippen molar-refractivity contribution in [2.45, 2.75) is 44.1 Å². The van der Waals surface area contributed by atoms with E-state index >= 15 is 0 Å². The Hall–Kier alpha value is -2.15. The predicted molar refractivity (Wildman–Crippen MR) is 81.7 cm³/mol. The molecule has 1 aliphatic rings. The van der Waals surface area contributed by atoms with Gasteiger partial charge in [0, 0.05) is 23.7 Å². The summed E-state index contributed by atoms with van der Waals surface area (Å²) >= 11 is 0. The number of phenolic OH excluding ortho intramolecular Hbond substituents is 1. The minimum atomic E-state index is -0.697. The van der Waals surface area contributed by atoms with Gasteiger partial charge in [-0.15, -0.1) is 0 Å². The molecular formula is C15H21N3O4. The van der Waals surface area contributed by atoms with Gasteiger partial charge in [0.2, 0.25) is 0 Å². The van der Waals surface area contributed by atoms with Gasteiger partial charge in [-0.1, -0.05) is 25.7 Å². The average molecular weight is 307 g/mol. The molecule has 22 heavy (non-hydrogen) atoms. The predicted octanol–water partition coefficient (Wildman–Crippen LogP) is 2.08. The van der Waals surface area contributed by atoms with Gasteiger partial charge < -0.3 is 16.2 Å². The summed E-state index contributed by atoms with van der Waals surface area (Å²) in [6.07, 6.45) is 6.21. The van der Waals surface area contributed by atoms with Crippen molar-refractivity contribution in [3.05, 3.63) is 33.9 Å². The molecule has 0 unspecified atom stereocenters. The van der Waals surface area contributed by atoms with Crippen LogP contribution in [0.1, 0.15) is 48.9 Å². The second-order valence-electron chi connectivity index (χ2n) is 5.92. The standard InChI is InChI=1S/C15H21N3O4/c16-15(7-3-1-2-4-8-15)10-17-14(20)11-5-6-12(18(21)22)13(19)9-11/h5-6,9,19H,1-4,7-8,10,16H2,(H,17,20). The van der Waals surface area contributed by atoms with Crippen molar-refractivity contribution in [2.24, 2.45) is 5.73 Å². The van der Waals surface area contributed by atoms with Crippen molar-refractivity contribution in [1.82, 2.24) is 5.32 Å². The lowest BCUT2D eigenvalue weighted by molar-refractivity contribution is -0.385. The third-order valence-corrected chi connectivity index (χ3v) is 4.13. The third-order valence-electron chi connectivity index (χ3n) is 4.13. The second kappa shape index (κ2) is 6.74. The fourth-order valence-corrected chi connectivity index (χ4v) is 2.79. The number of benzene rings is 1. The first-order valence-corrected chi connectivity index (χ1v) is 7.46. The number of rotatable bonds is 4. The topological polar surface area (TPSA) is 118 Å². The number of hydrogen-bond acceptors (Lipinski definition) is 5. The minimum absolute atomic E-state index is 0.181. The van der Waals surface area contributed by atoms with E-state index in [2.05, 4.69) is 5.32 Å². The maximum Gasteiger partial charge on any atom is 0.310 e. The lowest BCUT2D eigenvalue weighted by Crippen LogP contribution is -2.49. The third kappa shape index (κ3) is 3.94. The number of nitrogens with one attached hydrogen (secondary N) is 1. The molecular weight excluding hydrogens is 286 g/mol. The minimum Gasteiger partial charge on any atom is -0.502 e. The highest BCUT2D eigenvalue weighted by Crippen LogP contribution is 2.27. The highest BCUT2D eigenvalue weighted by atomic mass is 16.6. The zero-order valence-corrected chi connectivity index (χ0v) is 12.4. The Morgan fingerprint density at radius 1 is 1.32 bits per heavy atom. The van der Waals surface area contributed by atoms with E-state index in [1.54, 1.807) is 0 Å². The number of carbonyl (C=O) groups is 1. The van der Waals surface area contributed by atoms with Crippen LogP contribution in [-0.2, 0) is 0 Å². The molecule has 0 radical (unpaired) electrons. The molecule has 7 heteroatoms. The molecule has 1 saturated carbocycles. The number of nitro groups is 1. The van der Waals surface area contributed by atoms with Crippen molar-refractivity contribution in [3.8, 4) is 5.75 Å². The van der Waals surface area contributed by atoms with E-state index in [4.69, 9.17) is 5.73 Å². The van der Waals surface area contributed by atoms with Gasteiger partial charge in [-0.25, -0.2) is 0 Å². The number of phenols is 1. The summed E-state index contributed by atoms with van der Waals surface area (Å²) in [5, 5.41) is 23.0. The maximum atomic E-state index is 12.1. The normalized spacial score (nSPS) is 17.5. The summed E-state index contributed by atoms with van der Waals surface area (Å²) in [5.74, 6) is -0.908. The van der Waals surface area contributed by atoms with E-state index in [9.17, 15) is 20.0 Å². The number of nitrogens with two attached hydrogens (primary N) is 1. The smallest absolute Gasteiger partial charge is 0.310 e. The zero-order chi connectivity index (χ0) is 16.2. The van der Waals surface area contributed by atoms with Crippen molar-refractivity contribution in [3.63, 3.8) is 0 Å². The molecule has 0 bridgehead atoms. The highest BCUT2D eigenvalue weighted by molar-refractivity contribution is 5.95. The average Bonchev–Trinajstić information content (AvgIpc) is 2.69. The van der Waals surface area contributed by atoms with E-state index in [-0.39, 0.29) is 11.5 Å². The Kier molecular flexibility index (Phi) is 4.97. The van der Waals surface area contributed by atoms with Crippen LogP contribution in [0.5, 0.6) is 5.75 Å². The molecule has 0 aromatic heterocycles. The van der Waals surface area contributed by atoms with E-state index < -0.39 is 21.9 Å². The van der Waals surface area contributed by atoms with Crippen LogP contribution in [0, 0.1) is 10.1 Å². The number of nitrogens with zero attached hydrogens (tertiary/aromatic N) is 1. The maximum absolute atomic E-state index is 12.1. The van der Waals surface area contributed by atoms with E-state index in [1.165, 1.54) is 18.9 Å². The summed E-state index contributed by atoms with van der Waals surface area (Å²) in [4.78, 5) is 22.0. The molecule has 1 amide bonds. The van der Waals surface area contributed by atoms with Gasteiger partial charge >= 0.3 is 5.69 Å². The molecule has 0 heterocycles. The summed E-state index contributed by atoms with van der Waals surface area (Å²) < 4.78 is 0. The van der Waals surface area contributed by atoms with Gasteiger partial charge in [-0.3, -0.25) is 14.9 Å². The Labute approximate surface area is 128 Å². The van der Waals surface area contributed by atoms with Crippen molar-refractivity contribution >= 4 is 11.6 Å². The SMILES string of the molecule is NC1(CNC(=O)c2ccc([N+](=O)[O-])c(O)c2)CCCCCC1. The van der Waals surface area contributed by atoms with Crippen LogP contribution in [0.4, 0.5) is 5.69 Å². The molecule has 4 N–H and O–H groups in total. The fraction of sp³-hybridized carbons (Fsp3) is 0.533. The van der Waals surface area contributed by atoms with Gasteiger partial charge in [-0.05, 0) is 25.0 Å². The molecule has 1 aliphatic carbocycles. The number of carbonyl (C=O) groups excluding carboxylic acids is 1. The zero-order valence-electron chi connectivity index (χ0n) is 12.4. The number of nitro benzene ring substituents is 1. The summed E-state index contributed by atoms with van der Waals surface area (Å²) in [6.45, 7) is 0.365. The van der Waals surface area contributed by atoms with Gasteiger partial charge in [0.1, 0.15) is 0 Å². The monoisotopic (exact) mass is 307 g/mol. The van der Waals surface area contributed by atoms with Crippen LogP contribution in [0.2, 0.25) is 0 Å². The van der Waals surface area contributed by atoms with Gasteiger partial charge in [-0.2, -0.15) is 0 Å². The number of aromatic hydroxyl groups is 1. The quantitative estimate of drug-likeness (QED) is 0.447. The number of amides is 1. The molecule has 1 aromatic rings. The largest absolute Gasteiger partial charge is 0.502 e. The molecule has 1 fully saturated rings. The van der Waals surface area contributed by atoms with E-state index in [1.807, 2.05) is 0 Å². The molecule has 0 atom stereocenters. The molecule has 1 aromatic carbocycles. The fourth-order valence-electron chi connectivity index (χ4n) is 2.79. The van der Waals surface area contributed by atoms with Crippen LogP contribution < -0.4 is 11.1 Å². The molecule has 2 rings (SSSR count). The van der Waals surface area contributed by atoms with Crippen LogP contribution >= 0.6 is 0 Å². The Balaban J connectivity index is 2.00. The Morgan fingerprint density at radius 2 is 1.95 bits per heavy atom. The van der Waals surface area contributed by atoms with Crippen LogP contribution in [0.3, 0.4) is 0 Å². The molecule has 120 valence electrons. The Bertz CT molecular complexity index is 566. The van der Waals surface area contributed by atoms with Crippen LogP contribution in [0.25, 0.3) is 0 Å². The lowest BCUT2D eigenvalue weighted by atomic mass is 9.91. The first-order valence-electron chi connectivity index (χ1n) is 7.46. The van der Waals surface area contributed by atoms with Gasteiger partial charge in [0.15, 0.2) is 5.75 Å². The van der Waals surface area contributed by atoms with Gasteiger partial charge in [0.05, 0.1) is 4.92 Å². The molecule has 0 saturated heterocycles. The first-order chi connectivity index (χ1) is 10.4. The molecule has 0 aliphatic heterocycles. The summed E-state index contributed by atoms with van der Waals surface area (Å²) in [6, 6.07) is 3.54. The highest BCUT2D eigenvalue weighted by Gasteiger charge is 2.27. The summed E-state index contributed by atoms with van der Waals surface area (Å²) in [5.41, 5.74) is 5.69. The first kappa shape index (κ1) is 16.2. The molecule has 0 spiro atoms.